The van der Waals surface area contributed by atoms with Crippen molar-refractivity contribution >= 4 is 33.4 Å². The minimum absolute atomic E-state index is 0.00813. The van der Waals surface area contributed by atoms with Gasteiger partial charge in [0.25, 0.3) is 5.95 Å². The summed E-state index contributed by atoms with van der Waals surface area (Å²) in [4.78, 5) is 12.7. The number of pyridine rings is 2. The smallest absolute Gasteiger partial charge is 0.257 e. The molecule has 4 heterocycles. The number of benzene rings is 1. The summed E-state index contributed by atoms with van der Waals surface area (Å²) in [7, 11) is 0. The molecule has 1 aromatic carbocycles. The average Bonchev–Trinajstić information content (AvgIpc) is 2.91. The Bertz CT molecular complexity index is 1140. The fraction of sp³-hybridized carbons (Fsp3) is 0.0556. The van der Waals surface area contributed by atoms with Gasteiger partial charge in [-0.2, -0.15) is 4.39 Å². The zero-order valence-electron chi connectivity index (χ0n) is 13.0. The molecule has 8 heteroatoms. The number of nitrogens with two attached hydrogens (primary N) is 1. The summed E-state index contributed by atoms with van der Waals surface area (Å²) >= 11 is 9.54. The average molecular weight is 432 g/mol. The molecule has 0 saturated carbocycles. The van der Waals surface area contributed by atoms with Gasteiger partial charge >= 0.3 is 0 Å². The predicted molar refractivity (Wildman–Crippen MR) is 98.3 cm³/mol. The van der Waals surface area contributed by atoms with E-state index >= 15 is 0 Å². The molecule has 2 aromatic heterocycles. The van der Waals surface area contributed by atoms with E-state index < -0.39 is 11.5 Å². The van der Waals surface area contributed by atoms with Crippen LogP contribution in [0.2, 0.25) is 5.15 Å². The number of rotatable bonds is 0. The van der Waals surface area contributed by atoms with Crippen molar-refractivity contribution in [2.75, 3.05) is 0 Å². The molecule has 0 saturated heterocycles. The summed E-state index contributed by atoms with van der Waals surface area (Å²) < 4.78 is 21.2. The van der Waals surface area contributed by atoms with Gasteiger partial charge in [-0.05, 0) is 30.3 Å². The molecule has 128 valence electrons. The highest BCUT2D eigenvalue weighted by Gasteiger charge is 2.50. The first-order valence-corrected chi connectivity index (χ1v) is 8.82. The van der Waals surface area contributed by atoms with E-state index in [2.05, 4.69) is 25.9 Å². The Morgan fingerprint density at radius 2 is 2.00 bits per heavy atom. The Morgan fingerprint density at radius 1 is 1.15 bits per heavy atom. The second kappa shape index (κ2) is 5.25. The van der Waals surface area contributed by atoms with Crippen molar-refractivity contribution in [3.05, 3.63) is 80.6 Å². The van der Waals surface area contributed by atoms with Crippen LogP contribution in [0, 0.1) is 5.95 Å². The van der Waals surface area contributed by atoms with Gasteiger partial charge in [-0.1, -0.05) is 27.5 Å². The van der Waals surface area contributed by atoms with E-state index in [-0.39, 0.29) is 10.9 Å². The van der Waals surface area contributed by atoms with Crippen LogP contribution in [0.3, 0.4) is 0 Å². The zero-order valence-corrected chi connectivity index (χ0v) is 15.3. The summed E-state index contributed by atoms with van der Waals surface area (Å²) in [5.74, 6) is -0.00414. The van der Waals surface area contributed by atoms with E-state index in [1.807, 2.05) is 12.1 Å². The van der Waals surface area contributed by atoms with Crippen LogP contribution < -0.4 is 10.5 Å². The molecule has 2 N–H and O–H groups in total. The quantitative estimate of drug-likeness (QED) is 0.543. The van der Waals surface area contributed by atoms with E-state index in [4.69, 9.17) is 27.1 Å². The van der Waals surface area contributed by atoms with Gasteiger partial charge in [-0.25, -0.2) is 9.98 Å². The van der Waals surface area contributed by atoms with Crippen molar-refractivity contribution in [3.63, 3.8) is 0 Å². The van der Waals surface area contributed by atoms with Gasteiger partial charge in [-0.3, -0.25) is 4.98 Å². The maximum atomic E-state index is 14.6. The summed E-state index contributed by atoms with van der Waals surface area (Å²) in [5.41, 5.74) is 7.74. The number of nitrogens with zero attached hydrogens (tertiary/aromatic N) is 3. The molecule has 0 unspecified atom stereocenters. The molecule has 2 aliphatic heterocycles. The van der Waals surface area contributed by atoms with Crippen molar-refractivity contribution in [1.29, 1.82) is 0 Å². The minimum Gasteiger partial charge on any atom is -0.452 e. The zero-order chi connectivity index (χ0) is 18.1. The van der Waals surface area contributed by atoms with E-state index in [9.17, 15) is 4.39 Å². The Labute approximate surface area is 160 Å². The van der Waals surface area contributed by atoms with Crippen LogP contribution in [0.5, 0.6) is 11.5 Å². The van der Waals surface area contributed by atoms with Gasteiger partial charge < -0.3 is 10.5 Å². The normalized spacial score (nSPS) is 19.4. The number of ether oxygens (including phenoxy) is 1. The summed E-state index contributed by atoms with van der Waals surface area (Å²) in [6, 6.07) is 8.78. The van der Waals surface area contributed by atoms with Crippen molar-refractivity contribution in [1.82, 2.24) is 9.97 Å². The van der Waals surface area contributed by atoms with Crippen molar-refractivity contribution < 1.29 is 9.13 Å². The third kappa shape index (κ3) is 1.92. The standard InChI is InChI=1S/C18H9BrClFN4O/c19-8-1-2-13-10(5-8)18(11-6-14(20)24-16(21)15(11)26-13)12-7-23-4-3-9(12)17(22)25-18/h1-7H,(H2,22,25)/t18-/m1/s1. The van der Waals surface area contributed by atoms with E-state index in [1.165, 1.54) is 0 Å². The van der Waals surface area contributed by atoms with E-state index in [0.29, 0.717) is 17.1 Å². The molecular formula is C18H9BrClFN4O. The highest BCUT2D eigenvalue weighted by Crippen LogP contribution is 2.56. The lowest BCUT2D eigenvalue weighted by atomic mass is 9.76. The van der Waals surface area contributed by atoms with Gasteiger partial charge in [0.05, 0.1) is 0 Å². The largest absolute Gasteiger partial charge is 0.452 e. The molecule has 5 nitrogen and oxygen atoms in total. The van der Waals surface area contributed by atoms with E-state index in [0.717, 1.165) is 21.2 Å². The summed E-state index contributed by atoms with van der Waals surface area (Å²) in [5, 5.41) is 0.00813. The maximum Gasteiger partial charge on any atom is 0.257 e. The predicted octanol–water partition coefficient (Wildman–Crippen LogP) is 4.15. The van der Waals surface area contributed by atoms with Crippen LogP contribution in [0.1, 0.15) is 22.3 Å². The van der Waals surface area contributed by atoms with Crippen LogP contribution in [-0.2, 0) is 5.54 Å². The van der Waals surface area contributed by atoms with Crippen molar-refractivity contribution in [2.45, 2.75) is 5.54 Å². The number of aromatic nitrogens is 2. The lowest BCUT2D eigenvalue weighted by Crippen LogP contribution is -2.30. The highest BCUT2D eigenvalue weighted by atomic mass is 79.9. The fourth-order valence-electron chi connectivity index (χ4n) is 3.59. The van der Waals surface area contributed by atoms with Crippen molar-refractivity contribution in [3.8, 4) is 11.5 Å². The second-order valence-corrected chi connectivity index (χ2v) is 7.29. The first-order valence-electron chi connectivity index (χ1n) is 7.65. The molecule has 5 rings (SSSR count). The SMILES string of the molecule is NC1=N[C@@]2(c3cc(Br)ccc3Oc3c2cc(Cl)nc3F)c2cnccc21. The Kier molecular flexibility index (Phi) is 3.17. The molecule has 3 aromatic rings. The van der Waals surface area contributed by atoms with Gasteiger partial charge in [-0.15, -0.1) is 0 Å². The van der Waals surface area contributed by atoms with Crippen LogP contribution in [0.4, 0.5) is 4.39 Å². The van der Waals surface area contributed by atoms with Gasteiger partial charge in [0.2, 0.25) is 0 Å². The van der Waals surface area contributed by atoms with Crippen LogP contribution in [0.25, 0.3) is 0 Å². The third-order valence-corrected chi connectivity index (χ3v) is 5.30. The molecule has 0 amide bonds. The molecule has 0 aliphatic carbocycles. The summed E-state index contributed by atoms with van der Waals surface area (Å²) in [6.07, 6.45) is 3.33. The second-order valence-electron chi connectivity index (χ2n) is 5.98. The topological polar surface area (TPSA) is 73.4 Å². The highest BCUT2D eigenvalue weighted by molar-refractivity contribution is 9.10. The molecule has 26 heavy (non-hydrogen) atoms. The number of halogens is 3. The lowest BCUT2D eigenvalue weighted by Gasteiger charge is -2.35. The lowest BCUT2D eigenvalue weighted by molar-refractivity contribution is 0.385. The van der Waals surface area contributed by atoms with Crippen LogP contribution in [0.15, 0.2) is 52.2 Å². The first kappa shape index (κ1) is 15.7. The van der Waals surface area contributed by atoms with Crippen LogP contribution >= 0.6 is 27.5 Å². The Balaban J connectivity index is 1.97. The Hall–Kier alpha value is -2.51. The minimum atomic E-state index is -1.10. The van der Waals surface area contributed by atoms with Gasteiger partial charge in [0.1, 0.15) is 22.3 Å². The molecule has 0 bridgehead atoms. The molecule has 1 atom stereocenters. The molecule has 0 radical (unpaired) electrons. The number of fused-ring (bicyclic) bond motifs is 6. The van der Waals surface area contributed by atoms with Gasteiger partial charge in [0, 0.05) is 39.1 Å². The van der Waals surface area contributed by atoms with Crippen molar-refractivity contribution in [2.24, 2.45) is 10.7 Å². The molecule has 0 fully saturated rings. The molecular weight excluding hydrogens is 423 g/mol. The monoisotopic (exact) mass is 430 g/mol. The first-order chi connectivity index (χ1) is 12.5. The molecule has 1 spiro atoms. The number of aliphatic imine (C=N–C) groups is 1. The third-order valence-electron chi connectivity index (χ3n) is 4.61. The number of hydrogen-bond acceptors (Lipinski definition) is 5. The van der Waals surface area contributed by atoms with Gasteiger partial charge in [0.15, 0.2) is 5.75 Å². The summed E-state index contributed by atoms with van der Waals surface area (Å²) in [6.45, 7) is 0. The fourth-order valence-corrected chi connectivity index (χ4v) is 4.13. The van der Waals surface area contributed by atoms with E-state index in [1.54, 1.807) is 30.6 Å². The number of amidine groups is 1. The molecule has 2 aliphatic rings. The van der Waals surface area contributed by atoms with Crippen LogP contribution in [-0.4, -0.2) is 15.8 Å². The maximum absolute atomic E-state index is 14.6. The Morgan fingerprint density at radius 3 is 2.85 bits per heavy atom. The number of hydrogen-bond donors (Lipinski definition) is 1.